The molecule has 7 nitrogen and oxygen atoms in total. The summed E-state index contributed by atoms with van der Waals surface area (Å²) >= 11 is 0. The van der Waals surface area contributed by atoms with Crippen LogP contribution in [0.25, 0.3) is 0 Å². The molecule has 0 radical (unpaired) electrons. The molecule has 0 spiro atoms. The predicted octanol–water partition coefficient (Wildman–Crippen LogP) is 1.96. The molecule has 1 aromatic carbocycles. The molecule has 25 heavy (non-hydrogen) atoms. The third kappa shape index (κ3) is 5.29. The van der Waals surface area contributed by atoms with Gasteiger partial charge in [0.2, 0.25) is 5.89 Å². The van der Waals surface area contributed by atoms with Gasteiger partial charge in [-0.2, -0.15) is 4.98 Å². The molecule has 134 valence electrons. The van der Waals surface area contributed by atoms with Gasteiger partial charge >= 0.3 is 6.03 Å². The van der Waals surface area contributed by atoms with Crippen LogP contribution in [0.4, 0.5) is 4.79 Å². The summed E-state index contributed by atoms with van der Waals surface area (Å²) in [6.45, 7) is 4.07. The summed E-state index contributed by atoms with van der Waals surface area (Å²) < 4.78 is 10.8. The van der Waals surface area contributed by atoms with Crippen LogP contribution < -0.4 is 5.32 Å². The van der Waals surface area contributed by atoms with Crippen molar-refractivity contribution in [2.24, 2.45) is 0 Å². The van der Waals surface area contributed by atoms with Crippen LogP contribution in [0.5, 0.6) is 0 Å². The fraction of sp³-hybridized carbons (Fsp3) is 0.500. The van der Waals surface area contributed by atoms with Gasteiger partial charge in [0, 0.05) is 26.1 Å². The Bertz CT molecular complexity index is 674. The van der Waals surface area contributed by atoms with Crippen molar-refractivity contribution in [2.45, 2.75) is 32.3 Å². The molecule has 1 aromatic heterocycles. The van der Waals surface area contributed by atoms with Gasteiger partial charge in [-0.3, -0.25) is 0 Å². The Labute approximate surface area is 147 Å². The zero-order chi connectivity index (χ0) is 17.5. The van der Waals surface area contributed by atoms with Crippen LogP contribution in [-0.2, 0) is 17.6 Å². The van der Waals surface area contributed by atoms with Crippen LogP contribution in [0.15, 0.2) is 34.9 Å². The van der Waals surface area contributed by atoms with Crippen LogP contribution in [0.2, 0.25) is 0 Å². The Kier molecular flexibility index (Phi) is 6.00. The highest BCUT2D eigenvalue weighted by molar-refractivity contribution is 5.74. The molecule has 1 atom stereocenters. The Hall–Kier alpha value is -2.41. The van der Waals surface area contributed by atoms with Gasteiger partial charge < -0.3 is 19.5 Å². The molecule has 1 aliphatic heterocycles. The molecule has 1 saturated heterocycles. The Balaban J connectivity index is 1.40. The summed E-state index contributed by atoms with van der Waals surface area (Å²) in [4.78, 5) is 18.2. The van der Waals surface area contributed by atoms with E-state index in [4.69, 9.17) is 9.26 Å². The summed E-state index contributed by atoms with van der Waals surface area (Å²) in [6, 6.07) is 10.3. The highest BCUT2D eigenvalue weighted by Crippen LogP contribution is 2.12. The first-order chi connectivity index (χ1) is 12.2. The second-order valence-corrected chi connectivity index (χ2v) is 6.18. The quantitative estimate of drug-likeness (QED) is 0.866. The standard InChI is InChI=1S/C18H24N4O3/c1-14-20-17(25-21-14)9-10-19-18(23)22-11-12-24-16(13-22)8-7-15-5-3-2-4-6-15/h2-6,16H,7-13H2,1H3,(H,19,23)/t16-/m1/s1. The Morgan fingerprint density at radius 2 is 2.16 bits per heavy atom. The SMILES string of the molecule is Cc1noc(CCNC(=O)N2CCO[C@H](CCc3ccccc3)C2)n1. The minimum absolute atomic E-state index is 0.0655. The number of nitrogens with zero attached hydrogens (tertiary/aromatic N) is 3. The lowest BCUT2D eigenvalue weighted by Crippen LogP contribution is -2.50. The Morgan fingerprint density at radius 3 is 2.92 bits per heavy atom. The number of hydrogen-bond acceptors (Lipinski definition) is 5. The fourth-order valence-corrected chi connectivity index (χ4v) is 2.88. The molecule has 2 amide bonds. The number of aryl methyl sites for hydroxylation is 2. The minimum atomic E-state index is -0.0655. The number of carbonyl (C=O) groups is 1. The van der Waals surface area contributed by atoms with Crippen molar-refractivity contribution >= 4 is 6.03 Å². The van der Waals surface area contributed by atoms with Gasteiger partial charge in [0.05, 0.1) is 12.7 Å². The van der Waals surface area contributed by atoms with E-state index in [1.807, 2.05) is 23.1 Å². The molecule has 1 aliphatic rings. The number of aromatic nitrogens is 2. The van der Waals surface area contributed by atoms with E-state index in [0.717, 1.165) is 12.8 Å². The predicted molar refractivity (Wildman–Crippen MR) is 92.2 cm³/mol. The molecule has 3 rings (SSSR count). The lowest BCUT2D eigenvalue weighted by molar-refractivity contribution is -0.0176. The summed E-state index contributed by atoms with van der Waals surface area (Å²) in [5.41, 5.74) is 1.29. The van der Waals surface area contributed by atoms with Crippen LogP contribution in [-0.4, -0.2) is 53.4 Å². The van der Waals surface area contributed by atoms with Gasteiger partial charge in [-0.25, -0.2) is 4.79 Å². The van der Waals surface area contributed by atoms with Crippen molar-refractivity contribution in [2.75, 3.05) is 26.2 Å². The third-order valence-corrected chi connectivity index (χ3v) is 4.21. The summed E-state index contributed by atoms with van der Waals surface area (Å²) in [5, 5.41) is 6.64. The Morgan fingerprint density at radius 1 is 1.32 bits per heavy atom. The van der Waals surface area contributed by atoms with Crippen molar-refractivity contribution in [3.05, 3.63) is 47.6 Å². The lowest BCUT2D eigenvalue weighted by Gasteiger charge is -2.33. The number of benzene rings is 1. The first-order valence-electron chi connectivity index (χ1n) is 8.68. The maximum Gasteiger partial charge on any atom is 0.317 e. The molecule has 0 unspecified atom stereocenters. The van der Waals surface area contributed by atoms with Gasteiger partial charge in [-0.1, -0.05) is 35.5 Å². The van der Waals surface area contributed by atoms with E-state index >= 15 is 0 Å². The smallest absolute Gasteiger partial charge is 0.317 e. The molecule has 0 saturated carbocycles. The maximum absolute atomic E-state index is 12.3. The monoisotopic (exact) mass is 344 g/mol. The van der Waals surface area contributed by atoms with Gasteiger partial charge in [0.1, 0.15) is 0 Å². The minimum Gasteiger partial charge on any atom is -0.375 e. The number of hydrogen-bond donors (Lipinski definition) is 1. The van der Waals surface area contributed by atoms with Crippen molar-refractivity contribution in [1.82, 2.24) is 20.4 Å². The first kappa shape index (κ1) is 17.4. The zero-order valence-electron chi connectivity index (χ0n) is 14.5. The van der Waals surface area contributed by atoms with E-state index in [0.29, 0.717) is 44.4 Å². The number of carbonyl (C=O) groups excluding carboxylic acids is 1. The summed E-state index contributed by atoms with van der Waals surface area (Å²) in [6.07, 6.45) is 2.49. The maximum atomic E-state index is 12.3. The number of amides is 2. The van der Waals surface area contributed by atoms with Crippen LogP contribution in [0, 0.1) is 6.92 Å². The van der Waals surface area contributed by atoms with E-state index in [-0.39, 0.29) is 12.1 Å². The summed E-state index contributed by atoms with van der Waals surface area (Å²) in [5.74, 6) is 1.15. The van der Waals surface area contributed by atoms with Crippen molar-refractivity contribution in [1.29, 1.82) is 0 Å². The van der Waals surface area contributed by atoms with Crippen molar-refractivity contribution < 1.29 is 14.1 Å². The number of morpholine rings is 1. The molecule has 7 heteroatoms. The molecule has 0 aliphatic carbocycles. The number of ether oxygens (including phenoxy) is 1. The van der Waals surface area contributed by atoms with E-state index in [1.165, 1.54) is 5.56 Å². The molecular formula is C18H24N4O3. The van der Waals surface area contributed by atoms with E-state index < -0.39 is 0 Å². The average molecular weight is 344 g/mol. The zero-order valence-corrected chi connectivity index (χ0v) is 14.5. The van der Waals surface area contributed by atoms with Crippen LogP contribution >= 0.6 is 0 Å². The third-order valence-electron chi connectivity index (χ3n) is 4.21. The largest absolute Gasteiger partial charge is 0.375 e. The second-order valence-electron chi connectivity index (χ2n) is 6.18. The number of nitrogens with one attached hydrogen (secondary N) is 1. The molecular weight excluding hydrogens is 320 g/mol. The molecule has 2 aromatic rings. The molecule has 1 fully saturated rings. The molecule has 2 heterocycles. The van der Waals surface area contributed by atoms with Crippen LogP contribution in [0.1, 0.15) is 23.7 Å². The average Bonchev–Trinajstić information content (AvgIpc) is 3.06. The van der Waals surface area contributed by atoms with E-state index in [1.54, 1.807) is 6.92 Å². The number of rotatable bonds is 6. The normalized spacial score (nSPS) is 17.5. The van der Waals surface area contributed by atoms with E-state index in [9.17, 15) is 4.79 Å². The van der Waals surface area contributed by atoms with Crippen molar-refractivity contribution in [3.8, 4) is 0 Å². The van der Waals surface area contributed by atoms with Crippen LogP contribution in [0.3, 0.4) is 0 Å². The van der Waals surface area contributed by atoms with E-state index in [2.05, 4.69) is 27.6 Å². The highest BCUT2D eigenvalue weighted by Gasteiger charge is 2.23. The summed E-state index contributed by atoms with van der Waals surface area (Å²) in [7, 11) is 0. The van der Waals surface area contributed by atoms with Crippen molar-refractivity contribution in [3.63, 3.8) is 0 Å². The molecule has 0 bridgehead atoms. The van der Waals surface area contributed by atoms with Gasteiger partial charge in [-0.15, -0.1) is 0 Å². The van der Waals surface area contributed by atoms with Gasteiger partial charge in [0.15, 0.2) is 5.82 Å². The van der Waals surface area contributed by atoms with Gasteiger partial charge in [-0.05, 0) is 25.3 Å². The topological polar surface area (TPSA) is 80.5 Å². The number of urea groups is 1. The fourth-order valence-electron chi connectivity index (χ4n) is 2.88. The second kappa shape index (κ2) is 8.62. The highest BCUT2D eigenvalue weighted by atomic mass is 16.5. The van der Waals surface area contributed by atoms with Gasteiger partial charge in [0.25, 0.3) is 0 Å². The molecule has 1 N–H and O–H groups in total. The lowest BCUT2D eigenvalue weighted by atomic mass is 10.1. The first-order valence-corrected chi connectivity index (χ1v) is 8.68.